The lowest BCUT2D eigenvalue weighted by Gasteiger charge is -2.16. The molecular formula is C19H24N4S2. The fourth-order valence-electron chi connectivity index (χ4n) is 2.60. The molecular weight excluding hydrogens is 348 g/mol. The van der Waals surface area contributed by atoms with Gasteiger partial charge in [0.05, 0.1) is 11.7 Å². The van der Waals surface area contributed by atoms with Gasteiger partial charge in [-0.2, -0.15) is 11.3 Å². The Hall–Kier alpha value is -1.63. The van der Waals surface area contributed by atoms with Gasteiger partial charge < -0.3 is 5.32 Å². The monoisotopic (exact) mass is 372 g/mol. The molecule has 0 amide bonds. The number of thiazole rings is 1. The average Bonchev–Trinajstić information content (AvgIpc) is 3.23. The molecule has 0 aliphatic carbocycles. The van der Waals surface area contributed by atoms with Crippen LogP contribution in [0.4, 0.5) is 0 Å². The third-order valence-corrected chi connectivity index (χ3v) is 6.07. The van der Waals surface area contributed by atoms with Gasteiger partial charge in [-0.15, -0.1) is 11.3 Å². The molecule has 0 unspecified atom stereocenters. The van der Waals surface area contributed by atoms with Gasteiger partial charge in [0.2, 0.25) is 0 Å². The highest BCUT2D eigenvalue weighted by atomic mass is 32.1. The van der Waals surface area contributed by atoms with E-state index in [4.69, 9.17) is 4.98 Å². The van der Waals surface area contributed by atoms with Crippen LogP contribution in [0.5, 0.6) is 0 Å². The predicted octanol–water partition coefficient (Wildman–Crippen LogP) is 4.64. The molecule has 3 aromatic rings. The van der Waals surface area contributed by atoms with E-state index < -0.39 is 0 Å². The van der Waals surface area contributed by atoms with Crippen LogP contribution in [0.1, 0.15) is 51.9 Å². The molecule has 0 aliphatic heterocycles. The summed E-state index contributed by atoms with van der Waals surface area (Å²) in [4.78, 5) is 15.0. The maximum atomic E-state index is 4.77. The topological polar surface area (TPSA) is 50.7 Å². The summed E-state index contributed by atoms with van der Waals surface area (Å²) in [7, 11) is 0. The molecule has 6 heteroatoms. The van der Waals surface area contributed by atoms with Crippen LogP contribution < -0.4 is 5.32 Å². The minimum Gasteiger partial charge on any atom is -0.303 e. The normalized spacial score (nSPS) is 12.4. The van der Waals surface area contributed by atoms with E-state index in [1.807, 2.05) is 12.4 Å². The lowest BCUT2D eigenvalue weighted by Crippen LogP contribution is -2.23. The maximum Gasteiger partial charge on any atom is 0.128 e. The van der Waals surface area contributed by atoms with E-state index in [0.29, 0.717) is 0 Å². The molecule has 0 aliphatic rings. The first kappa shape index (κ1) is 18.2. The zero-order chi connectivity index (χ0) is 17.6. The van der Waals surface area contributed by atoms with Crippen molar-refractivity contribution in [3.05, 3.63) is 61.8 Å². The van der Waals surface area contributed by atoms with Crippen molar-refractivity contribution in [2.75, 3.05) is 0 Å². The van der Waals surface area contributed by atoms with Crippen molar-refractivity contribution in [1.29, 1.82) is 0 Å². The van der Waals surface area contributed by atoms with Gasteiger partial charge in [-0.1, -0.05) is 6.92 Å². The first-order valence-electron chi connectivity index (χ1n) is 8.64. The van der Waals surface area contributed by atoms with Gasteiger partial charge in [0.1, 0.15) is 10.8 Å². The van der Waals surface area contributed by atoms with Crippen LogP contribution in [0.3, 0.4) is 0 Å². The number of aromatic nitrogens is 3. The van der Waals surface area contributed by atoms with Crippen molar-refractivity contribution in [1.82, 2.24) is 20.3 Å². The molecule has 25 heavy (non-hydrogen) atoms. The summed E-state index contributed by atoms with van der Waals surface area (Å²) in [5, 5.41) is 9.16. The van der Waals surface area contributed by atoms with Crippen molar-refractivity contribution in [2.24, 2.45) is 0 Å². The Morgan fingerprint density at radius 1 is 1.16 bits per heavy atom. The van der Waals surface area contributed by atoms with Crippen LogP contribution in [-0.2, 0) is 19.4 Å². The molecule has 3 aromatic heterocycles. The fraction of sp³-hybridized carbons (Fsp3) is 0.421. The van der Waals surface area contributed by atoms with Crippen LogP contribution in [-0.4, -0.2) is 15.0 Å². The molecule has 0 bridgehead atoms. The number of nitrogens with one attached hydrogen (secondary N) is 1. The molecule has 3 rings (SSSR count). The second-order valence-corrected chi connectivity index (χ2v) is 8.24. The zero-order valence-corrected chi connectivity index (χ0v) is 16.6. The molecule has 0 aromatic carbocycles. The van der Waals surface area contributed by atoms with E-state index in [9.17, 15) is 0 Å². The molecule has 1 atom stereocenters. The molecule has 0 fully saturated rings. The fourth-order valence-corrected chi connectivity index (χ4v) is 4.28. The highest BCUT2D eigenvalue weighted by Gasteiger charge is 2.17. The highest BCUT2D eigenvalue weighted by molar-refractivity contribution is 7.11. The number of aryl methyl sites for hydroxylation is 3. The van der Waals surface area contributed by atoms with E-state index in [1.165, 1.54) is 10.4 Å². The lowest BCUT2D eigenvalue weighted by molar-refractivity contribution is 0.526. The van der Waals surface area contributed by atoms with E-state index in [1.54, 1.807) is 22.7 Å². The van der Waals surface area contributed by atoms with Crippen LogP contribution in [0, 0.1) is 13.8 Å². The van der Waals surface area contributed by atoms with Gasteiger partial charge in [0.15, 0.2) is 0 Å². The van der Waals surface area contributed by atoms with E-state index in [2.05, 4.69) is 52.9 Å². The molecule has 4 nitrogen and oxygen atoms in total. The Bertz CT molecular complexity index is 759. The lowest BCUT2D eigenvalue weighted by atomic mass is 10.1. The Balaban J connectivity index is 1.70. The molecule has 0 spiro atoms. The number of thiophene rings is 1. The summed E-state index contributed by atoms with van der Waals surface area (Å²) < 4.78 is 0. The second kappa shape index (κ2) is 8.65. The number of rotatable bonds is 8. The molecule has 3 heterocycles. The Labute approximate surface area is 157 Å². The van der Waals surface area contributed by atoms with Gasteiger partial charge in [0.25, 0.3) is 0 Å². The summed E-state index contributed by atoms with van der Waals surface area (Å²) >= 11 is 3.53. The summed E-state index contributed by atoms with van der Waals surface area (Å²) in [5.41, 5.74) is 3.59. The van der Waals surface area contributed by atoms with Crippen LogP contribution in [0.25, 0.3) is 0 Å². The Morgan fingerprint density at radius 3 is 2.56 bits per heavy atom. The average molecular weight is 373 g/mol. The van der Waals surface area contributed by atoms with Crippen LogP contribution in [0.2, 0.25) is 0 Å². The van der Waals surface area contributed by atoms with Crippen LogP contribution >= 0.6 is 22.7 Å². The third-order valence-electron chi connectivity index (χ3n) is 4.15. The number of hydrogen-bond donors (Lipinski definition) is 1. The Kier molecular flexibility index (Phi) is 6.29. The first-order chi connectivity index (χ1) is 12.2. The van der Waals surface area contributed by atoms with Crippen molar-refractivity contribution >= 4 is 22.7 Å². The quantitative estimate of drug-likeness (QED) is 0.626. The highest BCUT2D eigenvalue weighted by Crippen LogP contribution is 2.26. The van der Waals surface area contributed by atoms with Gasteiger partial charge in [0, 0.05) is 35.8 Å². The first-order valence-corrected chi connectivity index (χ1v) is 10.4. The summed E-state index contributed by atoms with van der Waals surface area (Å²) in [6.07, 6.45) is 6.83. The summed E-state index contributed by atoms with van der Waals surface area (Å²) in [6, 6.07) is 2.40. The molecule has 1 N–H and O–H groups in total. The van der Waals surface area contributed by atoms with Crippen molar-refractivity contribution in [2.45, 2.75) is 52.6 Å². The minimum atomic E-state index is 0.210. The molecule has 0 saturated carbocycles. The van der Waals surface area contributed by atoms with Gasteiger partial charge in [-0.05, 0) is 49.1 Å². The zero-order valence-electron chi connectivity index (χ0n) is 15.0. The standard InChI is InChI=1S/C19H24N4S2/c1-4-5-18-21-10-16(11-22-18)9-20-17(8-15-6-7-24-12-15)19-23-13(2)14(3)25-19/h6-7,10-12,17,20H,4-5,8-9H2,1-3H3/t17-/m0/s1. The molecule has 132 valence electrons. The predicted molar refractivity (Wildman–Crippen MR) is 105 cm³/mol. The maximum absolute atomic E-state index is 4.77. The SMILES string of the molecule is CCCc1ncc(CN[C@@H](Cc2ccsc2)c2nc(C)c(C)s2)cn1. The second-order valence-electron chi connectivity index (χ2n) is 6.22. The van der Waals surface area contributed by atoms with Gasteiger partial charge >= 0.3 is 0 Å². The van der Waals surface area contributed by atoms with Gasteiger partial charge in [-0.25, -0.2) is 15.0 Å². The molecule has 0 radical (unpaired) electrons. The van der Waals surface area contributed by atoms with E-state index >= 15 is 0 Å². The molecule has 0 saturated heterocycles. The van der Waals surface area contributed by atoms with Gasteiger partial charge in [-0.3, -0.25) is 0 Å². The van der Waals surface area contributed by atoms with E-state index in [-0.39, 0.29) is 6.04 Å². The van der Waals surface area contributed by atoms with Crippen molar-refractivity contribution < 1.29 is 0 Å². The minimum absolute atomic E-state index is 0.210. The number of hydrogen-bond acceptors (Lipinski definition) is 6. The largest absolute Gasteiger partial charge is 0.303 e. The van der Waals surface area contributed by atoms with Crippen molar-refractivity contribution in [3.63, 3.8) is 0 Å². The van der Waals surface area contributed by atoms with Crippen LogP contribution in [0.15, 0.2) is 29.2 Å². The number of nitrogens with zero attached hydrogens (tertiary/aromatic N) is 3. The van der Waals surface area contributed by atoms with E-state index in [0.717, 1.165) is 47.9 Å². The third kappa shape index (κ3) is 4.93. The van der Waals surface area contributed by atoms with Crippen molar-refractivity contribution in [3.8, 4) is 0 Å². The smallest absolute Gasteiger partial charge is 0.128 e. The summed E-state index contributed by atoms with van der Waals surface area (Å²) in [5.74, 6) is 0.923. The summed E-state index contributed by atoms with van der Waals surface area (Å²) in [6.45, 7) is 7.11. The Morgan fingerprint density at radius 2 is 1.96 bits per heavy atom.